The summed E-state index contributed by atoms with van der Waals surface area (Å²) in [7, 11) is 0. The van der Waals surface area contributed by atoms with E-state index in [2.05, 4.69) is 28.8 Å². The van der Waals surface area contributed by atoms with Gasteiger partial charge in [-0.2, -0.15) is 5.10 Å². The van der Waals surface area contributed by atoms with Crippen molar-refractivity contribution in [3.05, 3.63) is 59.4 Å². The highest BCUT2D eigenvalue weighted by Gasteiger charge is 2.22. The molecule has 0 radical (unpaired) electrons. The van der Waals surface area contributed by atoms with Crippen molar-refractivity contribution in [1.82, 2.24) is 5.43 Å². The van der Waals surface area contributed by atoms with Crippen LogP contribution in [-0.2, 0) is 0 Å². The van der Waals surface area contributed by atoms with Crippen LogP contribution in [0.5, 0.6) is 0 Å². The number of hydrazone groups is 1. The fraction of sp³-hybridized carbons (Fsp3) is 0.214. The first-order valence-electron chi connectivity index (χ1n) is 5.76. The van der Waals surface area contributed by atoms with Crippen molar-refractivity contribution in [2.75, 3.05) is 0 Å². The predicted octanol–water partition coefficient (Wildman–Crippen LogP) is 3.10. The molecule has 2 nitrogen and oxygen atoms in total. The summed E-state index contributed by atoms with van der Waals surface area (Å²) in [5.74, 6) is -0.199. The predicted molar refractivity (Wildman–Crippen MR) is 66.2 cm³/mol. The van der Waals surface area contributed by atoms with Crippen LogP contribution in [-0.4, -0.2) is 5.71 Å². The highest BCUT2D eigenvalue weighted by Crippen LogP contribution is 2.26. The van der Waals surface area contributed by atoms with Gasteiger partial charge >= 0.3 is 0 Å². The van der Waals surface area contributed by atoms with Crippen molar-refractivity contribution in [3.8, 4) is 0 Å². The maximum absolute atomic E-state index is 12.8. The van der Waals surface area contributed by atoms with E-state index in [1.165, 1.54) is 17.7 Å². The van der Waals surface area contributed by atoms with E-state index in [0.717, 1.165) is 24.1 Å². The number of nitrogens with one attached hydrogen (secondary N) is 1. The summed E-state index contributed by atoms with van der Waals surface area (Å²) < 4.78 is 12.8. The minimum atomic E-state index is -0.199. The highest BCUT2D eigenvalue weighted by atomic mass is 19.1. The molecule has 1 N–H and O–H groups in total. The Bertz CT molecular complexity index is 512. The number of nitrogens with zero attached hydrogens (tertiary/aromatic N) is 1. The van der Waals surface area contributed by atoms with E-state index in [4.69, 9.17) is 0 Å². The first kappa shape index (κ1) is 10.3. The Morgan fingerprint density at radius 2 is 2.06 bits per heavy atom. The molecule has 1 aromatic rings. The maximum atomic E-state index is 12.8. The number of hydrogen-bond acceptors (Lipinski definition) is 2. The monoisotopic (exact) mass is 228 g/mol. The van der Waals surface area contributed by atoms with Gasteiger partial charge in [-0.3, -0.25) is 0 Å². The van der Waals surface area contributed by atoms with Gasteiger partial charge in [-0.05, 0) is 29.7 Å². The summed E-state index contributed by atoms with van der Waals surface area (Å²) in [5, 5.41) is 4.36. The Morgan fingerprint density at radius 1 is 1.24 bits per heavy atom. The van der Waals surface area contributed by atoms with Crippen molar-refractivity contribution >= 4 is 5.71 Å². The average Bonchev–Trinajstić information content (AvgIpc) is 3.00. The average molecular weight is 228 g/mol. The summed E-state index contributed by atoms with van der Waals surface area (Å²) in [6.45, 7) is 0. The molecule has 1 atom stereocenters. The molecule has 0 saturated heterocycles. The molecule has 2 aliphatic rings. The second kappa shape index (κ2) is 4.17. The molecule has 3 rings (SSSR count). The molecule has 3 heteroatoms. The van der Waals surface area contributed by atoms with E-state index in [1.807, 2.05) is 12.1 Å². The van der Waals surface area contributed by atoms with Gasteiger partial charge in [-0.1, -0.05) is 30.4 Å². The van der Waals surface area contributed by atoms with E-state index in [9.17, 15) is 4.39 Å². The van der Waals surface area contributed by atoms with Crippen molar-refractivity contribution in [2.24, 2.45) is 5.10 Å². The molecule has 0 saturated carbocycles. The Hall–Kier alpha value is -1.90. The van der Waals surface area contributed by atoms with Gasteiger partial charge in [0, 0.05) is 6.42 Å². The number of allylic oxidation sites excluding steroid dienone is 4. The van der Waals surface area contributed by atoms with Gasteiger partial charge in [0.25, 0.3) is 0 Å². The van der Waals surface area contributed by atoms with Gasteiger partial charge in [0.1, 0.15) is 5.82 Å². The van der Waals surface area contributed by atoms with Crippen LogP contribution in [0.4, 0.5) is 4.39 Å². The van der Waals surface area contributed by atoms with E-state index in [1.54, 1.807) is 0 Å². The number of benzene rings is 1. The zero-order valence-electron chi connectivity index (χ0n) is 9.36. The zero-order chi connectivity index (χ0) is 11.7. The van der Waals surface area contributed by atoms with Crippen LogP contribution in [0, 0.1) is 5.82 Å². The van der Waals surface area contributed by atoms with Gasteiger partial charge in [0.2, 0.25) is 0 Å². The maximum Gasteiger partial charge on any atom is 0.123 e. The van der Waals surface area contributed by atoms with Gasteiger partial charge < -0.3 is 5.43 Å². The van der Waals surface area contributed by atoms with Crippen LogP contribution in [0.2, 0.25) is 0 Å². The van der Waals surface area contributed by atoms with Crippen molar-refractivity contribution in [2.45, 2.75) is 18.9 Å². The molecule has 1 aliphatic heterocycles. The Balaban J connectivity index is 1.72. The first-order chi connectivity index (χ1) is 8.33. The lowest BCUT2D eigenvalue weighted by Gasteiger charge is -2.09. The van der Waals surface area contributed by atoms with Gasteiger partial charge in [-0.25, -0.2) is 4.39 Å². The van der Waals surface area contributed by atoms with Gasteiger partial charge in [0.05, 0.1) is 11.8 Å². The quantitative estimate of drug-likeness (QED) is 0.826. The molecule has 0 amide bonds. The van der Waals surface area contributed by atoms with Crippen molar-refractivity contribution in [3.63, 3.8) is 0 Å². The fourth-order valence-corrected chi connectivity index (χ4v) is 2.19. The smallest absolute Gasteiger partial charge is 0.123 e. The summed E-state index contributed by atoms with van der Waals surface area (Å²) in [5.41, 5.74) is 6.59. The zero-order valence-corrected chi connectivity index (χ0v) is 9.36. The number of halogens is 1. The normalized spacial score (nSPS) is 22.3. The van der Waals surface area contributed by atoms with E-state index in [0.29, 0.717) is 0 Å². The lowest BCUT2D eigenvalue weighted by Crippen LogP contribution is -2.09. The number of hydrogen-bond donors (Lipinski definition) is 1. The Kier molecular flexibility index (Phi) is 2.52. The molecule has 1 heterocycles. The van der Waals surface area contributed by atoms with Crippen molar-refractivity contribution in [1.29, 1.82) is 0 Å². The SMILES string of the molecule is Fc1ccc(C2CC(C3=CC=CC3)=NN2)cc1. The first-order valence-corrected chi connectivity index (χ1v) is 5.76. The molecular weight excluding hydrogens is 215 g/mol. The fourth-order valence-electron chi connectivity index (χ4n) is 2.19. The summed E-state index contributed by atoms with van der Waals surface area (Å²) >= 11 is 0. The van der Waals surface area contributed by atoms with E-state index >= 15 is 0 Å². The Morgan fingerprint density at radius 3 is 2.76 bits per heavy atom. The lowest BCUT2D eigenvalue weighted by molar-refractivity contribution is 0.607. The number of rotatable bonds is 2. The summed E-state index contributed by atoms with van der Waals surface area (Å²) in [6, 6.07) is 6.78. The lowest BCUT2D eigenvalue weighted by atomic mass is 9.99. The third-order valence-electron chi connectivity index (χ3n) is 3.17. The van der Waals surface area contributed by atoms with Crippen LogP contribution < -0.4 is 5.43 Å². The molecule has 0 spiro atoms. The Labute approximate surface area is 99.5 Å². The van der Waals surface area contributed by atoms with Crippen LogP contribution in [0.15, 0.2) is 53.2 Å². The highest BCUT2D eigenvalue weighted by molar-refractivity contribution is 6.02. The topological polar surface area (TPSA) is 24.4 Å². The van der Waals surface area contributed by atoms with Gasteiger partial charge in [-0.15, -0.1) is 0 Å². The molecule has 1 aromatic carbocycles. The summed E-state index contributed by atoms with van der Waals surface area (Å²) in [4.78, 5) is 0. The molecule has 1 aliphatic carbocycles. The third kappa shape index (κ3) is 2.00. The van der Waals surface area contributed by atoms with Crippen LogP contribution in [0.1, 0.15) is 24.4 Å². The van der Waals surface area contributed by atoms with Gasteiger partial charge in [0.15, 0.2) is 0 Å². The van der Waals surface area contributed by atoms with E-state index in [-0.39, 0.29) is 11.9 Å². The van der Waals surface area contributed by atoms with Crippen LogP contribution >= 0.6 is 0 Å². The van der Waals surface area contributed by atoms with Crippen LogP contribution in [0.3, 0.4) is 0 Å². The molecule has 0 bridgehead atoms. The minimum absolute atomic E-state index is 0.173. The minimum Gasteiger partial charge on any atom is -0.302 e. The largest absolute Gasteiger partial charge is 0.302 e. The van der Waals surface area contributed by atoms with E-state index < -0.39 is 0 Å². The standard InChI is InChI=1S/C14H13FN2/c15-12-7-5-11(6-8-12)14-9-13(16-17-14)10-3-1-2-4-10/h1-3,5-8,14,17H,4,9H2. The third-order valence-corrected chi connectivity index (χ3v) is 3.17. The van der Waals surface area contributed by atoms with Crippen molar-refractivity contribution < 1.29 is 4.39 Å². The molecule has 86 valence electrons. The second-order valence-electron chi connectivity index (χ2n) is 4.32. The molecule has 0 fully saturated rings. The summed E-state index contributed by atoms with van der Waals surface area (Å²) in [6.07, 6.45) is 8.13. The molecule has 0 aromatic heterocycles. The van der Waals surface area contributed by atoms with Crippen LogP contribution in [0.25, 0.3) is 0 Å². The molecular formula is C14H13FN2. The second-order valence-corrected chi connectivity index (χ2v) is 4.32. The molecule has 17 heavy (non-hydrogen) atoms. The molecule has 1 unspecified atom stereocenters.